The minimum absolute atomic E-state index is 0.00844. The van der Waals surface area contributed by atoms with Crippen molar-refractivity contribution in [3.05, 3.63) is 66.8 Å². The Morgan fingerprint density at radius 3 is 2.91 bits per heavy atom. The molecule has 10 nitrogen and oxygen atoms in total. The van der Waals surface area contributed by atoms with Crippen LogP contribution in [-0.2, 0) is 0 Å². The Morgan fingerprint density at radius 2 is 2.02 bits per heavy atom. The smallest absolute Gasteiger partial charge is 0.317 e. The number of rotatable bonds is 6. The molecule has 0 spiro atoms. The molecule has 6 atom stereocenters. The van der Waals surface area contributed by atoms with Crippen molar-refractivity contribution in [2.75, 3.05) is 19.7 Å². The van der Waals surface area contributed by atoms with Gasteiger partial charge in [-0.15, -0.1) is 0 Å². The van der Waals surface area contributed by atoms with Crippen LogP contribution in [-0.4, -0.2) is 83.2 Å². The van der Waals surface area contributed by atoms with Crippen molar-refractivity contribution in [2.45, 2.75) is 74.3 Å². The fraction of sp³-hybridized carbons (Fsp3) is 0.441. The van der Waals surface area contributed by atoms with E-state index in [9.17, 15) is 9.50 Å². The number of pyridine rings is 1. The molecule has 2 aromatic carbocycles. The highest BCUT2D eigenvalue weighted by molar-refractivity contribution is 5.98. The first-order valence-electron chi connectivity index (χ1n) is 16.1. The van der Waals surface area contributed by atoms with Crippen molar-refractivity contribution in [1.82, 2.24) is 39.9 Å². The first-order valence-corrected chi connectivity index (χ1v) is 16.1. The van der Waals surface area contributed by atoms with Gasteiger partial charge >= 0.3 is 6.01 Å². The van der Waals surface area contributed by atoms with Gasteiger partial charge in [0.15, 0.2) is 5.82 Å². The number of alkyl halides is 1. The minimum Gasteiger partial charge on any atom is -0.508 e. The molecule has 0 saturated carbocycles. The Morgan fingerprint density at radius 1 is 1.11 bits per heavy atom. The quantitative estimate of drug-likeness (QED) is 0.267. The molecule has 0 amide bonds. The van der Waals surface area contributed by atoms with Gasteiger partial charge in [-0.25, -0.2) is 18.4 Å². The van der Waals surface area contributed by atoms with Crippen LogP contribution in [0, 0.1) is 5.82 Å². The maximum atomic E-state index is 16.8. The molecule has 0 aliphatic carbocycles. The number of nitrogens with one attached hydrogen (secondary N) is 1. The highest BCUT2D eigenvalue weighted by Crippen LogP contribution is 2.45. The highest BCUT2D eigenvalue weighted by Gasteiger charge is 2.49. The lowest BCUT2D eigenvalue weighted by atomic mass is 9.87. The zero-order valence-electron chi connectivity index (χ0n) is 25.2. The first-order chi connectivity index (χ1) is 22.4. The number of fused-ring (bicyclic) bond motifs is 5. The van der Waals surface area contributed by atoms with Gasteiger partial charge in [0.25, 0.3) is 0 Å². The number of piperidine rings is 1. The van der Waals surface area contributed by atoms with Crippen LogP contribution in [0.25, 0.3) is 32.9 Å². The molecule has 3 unspecified atom stereocenters. The topological polar surface area (TPSA) is 114 Å². The van der Waals surface area contributed by atoms with E-state index in [1.54, 1.807) is 24.9 Å². The van der Waals surface area contributed by atoms with Gasteiger partial charge in [0, 0.05) is 48.1 Å². The second-order valence-corrected chi connectivity index (χ2v) is 13.5. The lowest BCUT2D eigenvalue weighted by molar-refractivity contribution is 0.107. The van der Waals surface area contributed by atoms with E-state index in [1.807, 2.05) is 28.9 Å². The second kappa shape index (κ2) is 10.6. The Hall–Kier alpha value is -4.29. The SMILES string of the molecule is Oc1cc(-c2ncc3c(C4CC5C[C@@H](n6cncn6)C(C4)N5)nc(OC[C@@]45CCCN4C[C@H](F)C5)nc3c2F)c2ccccc2c1. The van der Waals surface area contributed by atoms with Crippen LogP contribution in [0.15, 0.2) is 55.2 Å². The van der Waals surface area contributed by atoms with E-state index in [0.29, 0.717) is 29.6 Å². The number of benzene rings is 2. The minimum atomic E-state index is -0.886. The standard InChI is InChI=1S/C34H34F2N8O2/c35-21-13-34(6-3-7-43(34)15-21)16-46-33-41-30(20-8-22-11-28(27(10-20)40-22)44-18-37-17-39-44)26-14-38-31(29(36)32(26)42-33)25-12-23(45)9-19-4-1-2-5-24(19)25/h1-2,4-5,9,12,14,17-18,20-22,27-28,40,45H,3,6-8,10-11,13,15-16H2/t20?,21-,22?,27?,28-,34+/m1/s1. The monoisotopic (exact) mass is 624 g/mol. The van der Waals surface area contributed by atoms with Crippen molar-refractivity contribution in [2.24, 2.45) is 0 Å². The molecule has 9 rings (SSSR count). The Kier molecular flexibility index (Phi) is 6.46. The fourth-order valence-corrected chi connectivity index (χ4v) is 8.74. The number of aromatic nitrogens is 6. The van der Waals surface area contributed by atoms with Crippen LogP contribution in [0.4, 0.5) is 8.78 Å². The van der Waals surface area contributed by atoms with Crippen LogP contribution in [0.5, 0.6) is 11.8 Å². The van der Waals surface area contributed by atoms with Gasteiger partial charge in [0.05, 0.1) is 17.3 Å². The summed E-state index contributed by atoms with van der Waals surface area (Å²) in [4.78, 5) is 20.6. The molecule has 2 N–H and O–H groups in total. The predicted molar refractivity (Wildman–Crippen MR) is 167 cm³/mol. The van der Waals surface area contributed by atoms with Crippen molar-refractivity contribution >= 4 is 21.7 Å². The normalized spacial score (nSPS) is 29.1. The predicted octanol–water partition coefficient (Wildman–Crippen LogP) is 5.09. The molecule has 0 radical (unpaired) electrons. The van der Waals surface area contributed by atoms with E-state index < -0.39 is 12.0 Å². The summed E-state index contributed by atoms with van der Waals surface area (Å²) >= 11 is 0. The molecule has 4 fully saturated rings. The molecule has 4 saturated heterocycles. The average Bonchev–Trinajstić information content (AvgIpc) is 3.84. The van der Waals surface area contributed by atoms with Crippen molar-refractivity contribution in [3.8, 4) is 23.0 Å². The Balaban J connectivity index is 1.14. The van der Waals surface area contributed by atoms with Crippen LogP contribution in [0.2, 0.25) is 0 Å². The third kappa shape index (κ3) is 4.52. The van der Waals surface area contributed by atoms with Crippen LogP contribution in [0.1, 0.15) is 56.2 Å². The molecule has 4 aliphatic rings. The number of phenolic OH excluding ortho intramolecular Hbond substituents is 1. The van der Waals surface area contributed by atoms with Gasteiger partial charge in [-0.3, -0.25) is 9.88 Å². The maximum Gasteiger partial charge on any atom is 0.317 e. The molecular weight excluding hydrogens is 590 g/mol. The van der Waals surface area contributed by atoms with Gasteiger partial charge in [0.2, 0.25) is 0 Å². The molecule has 4 aliphatic heterocycles. The van der Waals surface area contributed by atoms with E-state index in [0.717, 1.165) is 49.4 Å². The third-order valence-corrected chi connectivity index (χ3v) is 10.7. The van der Waals surface area contributed by atoms with Crippen LogP contribution < -0.4 is 10.1 Å². The van der Waals surface area contributed by atoms with Gasteiger partial charge in [-0.1, -0.05) is 24.3 Å². The zero-order chi connectivity index (χ0) is 31.0. The summed E-state index contributed by atoms with van der Waals surface area (Å²) in [6.07, 6.45) is 8.86. The Bertz CT molecular complexity index is 1960. The summed E-state index contributed by atoms with van der Waals surface area (Å²) in [7, 11) is 0. The van der Waals surface area contributed by atoms with Crippen molar-refractivity contribution in [1.29, 1.82) is 0 Å². The van der Waals surface area contributed by atoms with Gasteiger partial charge in [-0.05, 0) is 61.6 Å². The van der Waals surface area contributed by atoms with E-state index in [1.165, 1.54) is 6.07 Å². The van der Waals surface area contributed by atoms with Gasteiger partial charge in [0.1, 0.15) is 42.4 Å². The first kappa shape index (κ1) is 28.0. The summed E-state index contributed by atoms with van der Waals surface area (Å²) in [5.74, 6) is -0.559. The fourth-order valence-electron chi connectivity index (χ4n) is 8.74. The zero-order valence-corrected chi connectivity index (χ0v) is 25.2. The molecule has 7 heterocycles. The molecule has 46 heavy (non-hydrogen) atoms. The molecular formula is C34H34F2N8O2. The van der Waals surface area contributed by atoms with E-state index >= 15 is 4.39 Å². The molecule has 2 bridgehead atoms. The average molecular weight is 625 g/mol. The van der Waals surface area contributed by atoms with E-state index in [2.05, 4.69) is 30.3 Å². The summed E-state index contributed by atoms with van der Waals surface area (Å²) in [6, 6.07) is 11.4. The Labute approximate surface area is 263 Å². The largest absolute Gasteiger partial charge is 0.508 e. The molecule has 3 aromatic heterocycles. The van der Waals surface area contributed by atoms with Crippen LogP contribution >= 0.6 is 0 Å². The summed E-state index contributed by atoms with van der Waals surface area (Å²) in [6.45, 7) is 1.51. The summed E-state index contributed by atoms with van der Waals surface area (Å²) in [5, 5.41) is 20.7. The number of phenols is 1. The van der Waals surface area contributed by atoms with E-state index in [4.69, 9.17) is 9.72 Å². The lowest BCUT2D eigenvalue weighted by Crippen LogP contribution is -2.43. The van der Waals surface area contributed by atoms with Gasteiger partial charge < -0.3 is 15.2 Å². The second-order valence-electron chi connectivity index (χ2n) is 13.5. The van der Waals surface area contributed by atoms with Crippen molar-refractivity contribution < 1.29 is 18.6 Å². The number of ether oxygens (including phenoxy) is 1. The highest BCUT2D eigenvalue weighted by atomic mass is 19.1. The number of hydrogen-bond acceptors (Lipinski definition) is 9. The molecule has 5 aromatic rings. The van der Waals surface area contributed by atoms with E-state index in [-0.39, 0.29) is 59.2 Å². The maximum absolute atomic E-state index is 16.8. The van der Waals surface area contributed by atoms with Crippen molar-refractivity contribution in [3.63, 3.8) is 0 Å². The number of hydrogen-bond donors (Lipinski definition) is 2. The molecule has 12 heteroatoms. The molecule has 236 valence electrons. The lowest BCUT2D eigenvalue weighted by Gasteiger charge is -2.32. The number of nitrogens with zero attached hydrogens (tertiary/aromatic N) is 7. The number of aromatic hydroxyl groups is 1. The number of halogens is 2. The van der Waals surface area contributed by atoms with Crippen LogP contribution in [0.3, 0.4) is 0 Å². The third-order valence-electron chi connectivity index (χ3n) is 10.7. The summed E-state index contributed by atoms with van der Waals surface area (Å²) < 4.78 is 39.6. The summed E-state index contributed by atoms with van der Waals surface area (Å²) in [5.41, 5.74) is 1.04. The van der Waals surface area contributed by atoms with Gasteiger partial charge in [-0.2, -0.15) is 15.1 Å².